The van der Waals surface area contributed by atoms with Gasteiger partial charge in [-0.3, -0.25) is 4.68 Å². The van der Waals surface area contributed by atoms with Gasteiger partial charge in [-0.25, -0.2) is 4.98 Å². The second kappa shape index (κ2) is 3.41. The number of halogens is 1. The van der Waals surface area contributed by atoms with Crippen LogP contribution in [-0.4, -0.2) is 14.8 Å². The van der Waals surface area contributed by atoms with Crippen molar-refractivity contribution in [3.63, 3.8) is 0 Å². The fourth-order valence-corrected chi connectivity index (χ4v) is 1.15. The Kier molecular flexibility index (Phi) is 2.69. The average Bonchev–Trinajstić information content (AvgIpc) is 2.28. The Balaban J connectivity index is 2.94. The second-order valence-electron chi connectivity index (χ2n) is 3.13. The van der Waals surface area contributed by atoms with Gasteiger partial charge >= 0.3 is 0 Å². The molecule has 1 aromatic rings. The van der Waals surface area contributed by atoms with Crippen LogP contribution in [0.3, 0.4) is 0 Å². The number of aromatic nitrogens is 3. The van der Waals surface area contributed by atoms with Gasteiger partial charge < -0.3 is 5.73 Å². The van der Waals surface area contributed by atoms with Gasteiger partial charge in [0.2, 0.25) is 5.28 Å². The van der Waals surface area contributed by atoms with Gasteiger partial charge in [-0.2, -0.15) is 0 Å². The fraction of sp³-hybridized carbons (Fsp3) is 0.714. The monoisotopic (exact) mass is 188 g/mol. The summed E-state index contributed by atoms with van der Waals surface area (Å²) in [5, 5.41) is 4.16. The van der Waals surface area contributed by atoms with Gasteiger partial charge in [-0.1, -0.05) is 13.8 Å². The molecule has 0 fully saturated rings. The summed E-state index contributed by atoms with van der Waals surface area (Å²) < 4.78 is 1.62. The van der Waals surface area contributed by atoms with Gasteiger partial charge in [0.1, 0.15) is 5.82 Å². The minimum absolute atomic E-state index is 0.102. The molecule has 68 valence electrons. The summed E-state index contributed by atoms with van der Waals surface area (Å²) in [5.41, 5.74) is 5.87. The maximum absolute atomic E-state index is 5.87. The Bertz CT molecular complexity index is 268. The summed E-state index contributed by atoms with van der Waals surface area (Å²) in [5.74, 6) is 1.07. The van der Waals surface area contributed by atoms with Crippen molar-refractivity contribution < 1.29 is 0 Å². The van der Waals surface area contributed by atoms with Gasteiger partial charge in [0.25, 0.3) is 0 Å². The first-order chi connectivity index (χ1) is 5.52. The molecule has 1 aromatic heterocycles. The van der Waals surface area contributed by atoms with Gasteiger partial charge in [0.05, 0.1) is 6.04 Å². The highest BCUT2D eigenvalue weighted by atomic mass is 35.5. The maximum atomic E-state index is 5.87. The molecular formula is C7H13ClN4. The summed E-state index contributed by atoms with van der Waals surface area (Å²) >= 11 is 5.62. The minimum atomic E-state index is -0.102. The van der Waals surface area contributed by atoms with Crippen molar-refractivity contribution in [1.82, 2.24) is 14.8 Å². The van der Waals surface area contributed by atoms with Gasteiger partial charge in [0, 0.05) is 7.05 Å². The lowest BCUT2D eigenvalue weighted by Crippen LogP contribution is -2.20. The third-order valence-corrected chi connectivity index (χ3v) is 1.95. The summed E-state index contributed by atoms with van der Waals surface area (Å²) in [6.07, 6.45) is 0. The molecule has 0 aromatic carbocycles. The van der Waals surface area contributed by atoms with E-state index in [1.54, 1.807) is 11.7 Å². The van der Waals surface area contributed by atoms with Crippen LogP contribution in [0, 0.1) is 5.92 Å². The molecule has 0 amide bonds. The fourth-order valence-electron chi connectivity index (χ4n) is 0.953. The molecule has 0 radical (unpaired) electrons. The van der Waals surface area contributed by atoms with E-state index in [-0.39, 0.29) is 11.3 Å². The lowest BCUT2D eigenvalue weighted by molar-refractivity contribution is 0.469. The molecule has 1 unspecified atom stereocenters. The second-order valence-corrected chi connectivity index (χ2v) is 3.47. The first-order valence-corrected chi connectivity index (χ1v) is 4.22. The summed E-state index contributed by atoms with van der Waals surface area (Å²) in [4.78, 5) is 4.02. The molecule has 0 aliphatic carbocycles. The van der Waals surface area contributed by atoms with Crippen molar-refractivity contribution >= 4 is 11.6 Å². The molecule has 0 saturated heterocycles. The predicted molar refractivity (Wildman–Crippen MR) is 47.8 cm³/mol. The molecule has 1 rings (SSSR count). The minimum Gasteiger partial charge on any atom is -0.321 e. The first kappa shape index (κ1) is 9.48. The number of hydrogen-bond acceptors (Lipinski definition) is 3. The largest absolute Gasteiger partial charge is 0.321 e. The molecule has 0 bridgehead atoms. The highest BCUT2D eigenvalue weighted by Crippen LogP contribution is 2.17. The van der Waals surface area contributed by atoms with E-state index in [1.807, 2.05) is 13.8 Å². The van der Waals surface area contributed by atoms with Crippen LogP contribution in [0.5, 0.6) is 0 Å². The average molecular weight is 189 g/mol. The number of aryl methyl sites for hydroxylation is 1. The molecule has 0 saturated carbocycles. The Morgan fingerprint density at radius 3 is 2.42 bits per heavy atom. The van der Waals surface area contributed by atoms with E-state index < -0.39 is 0 Å². The Labute approximate surface area is 76.7 Å². The highest BCUT2D eigenvalue weighted by molar-refractivity contribution is 6.28. The van der Waals surface area contributed by atoms with Crippen molar-refractivity contribution in [1.29, 1.82) is 0 Å². The van der Waals surface area contributed by atoms with Gasteiger partial charge in [0.15, 0.2) is 0 Å². The van der Waals surface area contributed by atoms with E-state index in [2.05, 4.69) is 10.1 Å². The molecule has 1 atom stereocenters. The van der Waals surface area contributed by atoms with Gasteiger partial charge in [-0.05, 0) is 17.5 Å². The third kappa shape index (κ3) is 1.76. The molecule has 0 spiro atoms. The molecule has 4 nitrogen and oxygen atoms in total. The van der Waals surface area contributed by atoms with Crippen molar-refractivity contribution in [2.24, 2.45) is 18.7 Å². The van der Waals surface area contributed by atoms with Gasteiger partial charge in [-0.15, -0.1) is 5.10 Å². The third-order valence-electron chi connectivity index (χ3n) is 1.79. The van der Waals surface area contributed by atoms with Crippen LogP contribution in [0.4, 0.5) is 0 Å². The topological polar surface area (TPSA) is 56.7 Å². The number of rotatable bonds is 2. The normalized spacial score (nSPS) is 13.8. The summed E-state index contributed by atoms with van der Waals surface area (Å²) in [7, 11) is 1.79. The smallest absolute Gasteiger partial charge is 0.242 e. The van der Waals surface area contributed by atoms with E-state index in [0.29, 0.717) is 5.92 Å². The Morgan fingerprint density at radius 2 is 2.08 bits per heavy atom. The lowest BCUT2D eigenvalue weighted by atomic mass is 10.1. The van der Waals surface area contributed by atoms with Crippen LogP contribution in [0.1, 0.15) is 25.7 Å². The Hall–Kier alpha value is -0.610. The standard InChI is InChI=1S/C7H13ClN4/c1-4(2)5(9)6-10-7(8)11-12(6)3/h4-5H,9H2,1-3H3. The number of nitrogens with two attached hydrogens (primary N) is 1. The summed E-state index contributed by atoms with van der Waals surface area (Å²) in [6, 6.07) is -0.102. The SMILES string of the molecule is CC(C)C(N)c1nc(Cl)nn1C. The highest BCUT2D eigenvalue weighted by Gasteiger charge is 2.16. The Morgan fingerprint density at radius 1 is 1.50 bits per heavy atom. The van der Waals surface area contributed by atoms with Crippen LogP contribution >= 0.6 is 11.6 Å². The van der Waals surface area contributed by atoms with Crippen LogP contribution in [0.15, 0.2) is 0 Å². The molecule has 0 aliphatic rings. The van der Waals surface area contributed by atoms with E-state index in [9.17, 15) is 0 Å². The van der Waals surface area contributed by atoms with Crippen molar-refractivity contribution in [2.75, 3.05) is 0 Å². The number of hydrogen-bond donors (Lipinski definition) is 1. The van der Waals surface area contributed by atoms with Crippen molar-refractivity contribution in [3.8, 4) is 0 Å². The molecule has 1 heterocycles. The quantitative estimate of drug-likeness (QED) is 0.757. The number of nitrogens with zero attached hydrogens (tertiary/aromatic N) is 3. The summed E-state index contributed by atoms with van der Waals surface area (Å²) in [6.45, 7) is 4.07. The zero-order valence-corrected chi connectivity index (χ0v) is 8.21. The van der Waals surface area contributed by atoms with E-state index in [4.69, 9.17) is 17.3 Å². The maximum Gasteiger partial charge on any atom is 0.242 e. The predicted octanol–water partition coefficient (Wildman–Crippen LogP) is 1.12. The zero-order chi connectivity index (χ0) is 9.30. The lowest BCUT2D eigenvalue weighted by Gasteiger charge is -2.13. The molecule has 0 aliphatic heterocycles. The van der Waals surface area contributed by atoms with E-state index >= 15 is 0 Å². The molecule has 2 N–H and O–H groups in total. The van der Waals surface area contributed by atoms with Crippen LogP contribution in [0.25, 0.3) is 0 Å². The van der Waals surface area contributed by atoms with Crippen molar-refractivity contribution in [2.45, 2.75) is 19.9 Å². The van der Waals surface area contributed by atoms with Crippen LogP contribution in [0.2, 0.25) is 5.28 Å². The van der Waals surface area contributed by atoms with Crippen LogP contribution in [-0.2, 0) is 7.05 Å². The van der Waals surface area contributed by atoms with Crippen LogP contribution < -0.4 is 5.73 Å². The molecule has 12 heavy (non-hydrogen) atoms. The molecular weight excluding hydrogens is 176 g/mol. The zero-order valence-electron chi connectivity index (χ0n) is 7.45. The first-order valence-electron chi connectivity index (χ1n) is 3.84. The van der Waals surface area contributed by atoms with E-state index in [1.165, 1.54) is 0 Å². The van der Waals surface area contributed by atoms with E-state index in [0.717, 1.165) is 5.82 Å². The van der Waals surface area contributed by atoms with Crippen molar-refractivity contribution in [3.05, 3.63) is 11.1 Å². The molecule has 5 heteroatoms.